The monoisotopic (exact) mass is 204 g/mol. The molecule has 0 spiro atoms. The van der Waals surface area contributed by atoms with Gasteiger partial charge in [0.05, 0.1) is 6.07 Å². The Morgan fingerprint density at radius 1 is 1.47 bits per heavy atom. The molecular weight excluding hydrogens is 192 g/mol. The number of nitrogens with zero attached hydrogens (tertiary/aromatic N) is 2. The summed E-state index contributed by atoms with van der Waals surface area (Å²) in [6.45, 7) is 1.65. The van der Waals surface area contributed by atoms with Crippen molar-refractivity contribution in [2.75, 3.05) is 18.0 Å². The lowest BCUT2D eigenvalue weighted by molar-refractivity contribution is 0.110. The fourth-order valence-electron chi connectivity index (χ4n) is 1.80. The second-order valence-corrected chi connectivity index (χ2v) is 3.68. The van der Waals surface area contributed by atoms with Gasteiger partial charge < -0.3 is 9.32 Å². The predicted molar refractivity (Wildman–Crippen MR) is 54.6 cm³/mol. The van der Waals surface area contributed by atoms with Crippen LogP contribution in [0.15, 0.2) is 16.5 Å². The Hall–Kier alpha value is -1.76. The van der Waals surface area contributed by atoms with Crippen molar-refractivity contribution in [3.63, 3.8) is 0 Å². The van der Waals surface area contributed by atoms with E-state index in [4.69, 9.17) is 9.68 Å². The highest BCUT2D eigenvalue weighted by atomic mass is 16.4. The molecule has 0 bridgehead atoms. The van der Waals surface area contributed by atoms with Crippen molar-refractivity contribution in [1.82, 2.24) is 0 Å². The van der Waals surface area contributed by atoms with Crippen LogP contribution in [-0.4, -0.2) is 19.4 Å². The number of rotatable bonds is 2. The third-order valence-corrected chi connectivity index (χ3v) is 2.72. The molecule has 2 heterocycles. The Balaban J connectivity index is 2.01. The number of piperidine rings is 1. The number of carbonyl (C=O) groups is 1. The van der Waals surface area contributed by atoms with Gasteiger partial charge in [-0.1, -0.05) is 0 Å². The van der Waals surface area contributed by atoms with E-state index in [1.165, 1.54) is 0 Å². The standard InChI is InChI=1S/C11H12N2O2/c12-7-9-3-5-13(6-4-9)11-2-1-10(8-14)15-11/h1-2,8-9H,3-6H2. The van der Waals surface area contributed by atoms with Gasteiger partial charge >= 0.3 is 0 Å². The van der Waals surface area contributed by atoms with Crippen molar-refractivity contribution in [2.24, 2.45) is 5.92 Å². The van der Waals surface area contributed by atoms with Crippen molar-refractivity contribution in [3.05, 3.63) is 17.9 Å². The molecule has 1 aromatic rings. The molecule has 1 aliphatic rings. The Kier molecular flexibility index (Phi) is 2.72. The van der Waals surface area contributed by atoms with Gasteiger partial charge in [0.25, 0.3) is 0 Å². The van der Waals surface area contributed by atoms with E-state index in [2.05, 4.69) is 11.0 Å². The number of hydrogen-bond donors (Lipinski definition) is 0. The van der Waals surface area contributed by atoms with Crippen molar-refractivity contribution >= 4 is 12.2 Å². The summed E-state index contributed by atoms with van der Waals surface area (Å²) in [4.78, 5) is 12.5. The summed E-state index contributed by atoms with van der Waals surface area (Å²) in [6, 6.07) is 5.75. The van der Waals surface area contributed by atoms with E-state index in [1.54, 1.807) is 12.1 Å². The second kappa shape index (κ2) is 4.18. The summed E-state index contributed by atoms with van der Waals surface area (Å²) in [6.07, 6.45) is 2.44. The van der Waals surface area contributed by atoms with E-state index in [0.717, 1.165) is 31.8 Å². The molecule has 0 aromatic carbocycles. The average Bonchev–Trinajstić information content (AvgIpc) is 2.78. The molecule has 1 fully saturated rings. The molecule has 0 unspecified atom stereocenters. The molecule has 1 aliphatic heterocycles. The van der Waals surface area contributed by atoms with Gasteiger partial charge in [-0.15, -0.1) is 0 Å². The molecule has 4 heteroatoms. The minimum absolute atomic E-state index is 0.168. The van der Waals surface area contributed by atoms with E-state index < -0.39 is 0 Å². The molecular formula is C11H12N2O2. The number of hydrogen-bond acceptors (Lipinski definition) is 4. The van der Waals surface area contributed by atoms with E-state index in [-0.39, 0.29) is 5.92 Å². The van der Waals surface area contributed by atoms with Crippen LogP contribution in [0.3, 0.4) is 0 Å². The van der Waals surface area contributed by atoms with Gasteiger partial charge in [-0.2, -0.15) is 5.26 Å². The topological polar surface area (TPSA) is 57.2 Å². The van der Waals surface area contributed by atoms with Crippen molar-refractivity contribution in [2.45, 2.75) is 12.8 Å². The molecule has 0 saturated carbocycles. The van der Waals surface area contributed by atoms with Crippen LogP contribution in [0.25, 0.3) is 0 Å². The first-order valence-electron chi connectivity index (χ1n) is 5.03. The van der Waals surface area contributed by atoms with Crippen LogP contribution in [-0.2, 0) is 0 Å². The van der Waals surface area contributed by atoms with E-state index in [9.17, 15) is 4.79 Å². The Morgan fingerprint density at radius 2 is 2.20 bits per heavy atom. The van der Waals surface area contributed by atoms with E-state index in [0.29, 0.717) is 12.0 Å². The molecule has 1 aromatic heterocycles. The third kappa shape index (κ3) is 2.01. The van der Waals surface area contributed by atoms with Gasteiger partial charge in [0, 0.05) is 25.1 Å². The SMILES string of the molecule is N#CC1CCN(c2ccc(C=O)o2)CC1. The maximum atomic E-state index is 10.4. The van der Waals surface area contributed by atoms with Crippen molar-refractivity contribution in [1.29, 1.82) is 5.26 Å². The largest absolute Gasteiger partial charge is 0.438 e. The maximum absolute atomic E-state index is 10.4. The predicted octanol–water partition coefficient (Wildman–Crippen LogP) is 1.83. The molecule has 1 saturated heterocycles. The minimum atomic E-state index is 0.168. The zero-order valence-corrected chi connectivity index (χ0v) is 8.35. The highest BCUT2D eigenvalue weighted by Crippen LogP contribution is 2.24. The number of carbonyl (C=O) groups excluding carboxylic acids is 1. The van der Waals surface area contributed by atoms with Gasteiger partial charge in [0.2, 0.25) is 0 Å². The Morgan fingerprint density at radius 3 is 2.73 bits per heavy atom. The molecule has 0 N–H and O–H groups in total. The fourth-order valence-corrected chi connectivity index (χ4v) is 1.80. The first-order valence-corrected chi connectivity index (χ1v) is 5.03. The lowest BCUT2D eigenvalue weighted by Crippen LogP contribution is -2.32. The first kappa shape index (κ1) is 9.78. The average molecular weight is 204 g/mol. The highest BCUT2D eigenvalue weighted by Gasteiger charge is 2.20. The fraction of sp³-hybridized carbons (Fsp3) is 0.455. The summed E-state index contributed by atoms with van der Waals surface area (Å²) in [5.41, 5.74) is 0. The molecule has 0 aliphatic carbocycles. The molecule has 0 radical (unpaired) electrons. The summed E-state index contributed by atoms with van der Waals surface area (Å²) in [5.74, 6) is 1.25. The van der Waals surface area contributed by atoms with Crippen molar-refractivity contribution in [3.8, 4) is 6.07 Å². The smallest absolute Gasteiger partial charge is 0.196 e. The number of aldehydes is 1. The van der Waals surface area contributed by atoms with Crippen LogP contribution in [0.2, 0.25) is 0 Å². The van der Waals surface area contributed by atoms with Crippen LogP contribution in [0.5, 0.6) is 0 Å². The van der Waals surface area contributed by atoms with Crippen LogP contribution in [0.1, 0.15) is 23.4 Å². The summed E-state index contributed by atoms with van der Waals surface area (Å²) < 4.78 is 5.32. The normalized spacial score (nSPS) is 17.4. The molecule has 2 rings (SSSR count). The van der Waals surface area contributed by atoms with Crippen LogP contribution < -0.4 is 4.90 Å². The van der Waals surface area contributed by atoms with Crippen LogP contribution in [0.4, 0.5) is 5.88 Å². The second-order valence-electron chi connectivity index (χ2n) is 3.68. The number of nitriles is 1. The molecule has 0 atom stereocenters. The number of furan rings is 1. The van der Waals surface area contributed by atoms with Gasteiger partial charge in [0.1, 0.15) is 0 Å². The zero-order chi connectivity index (χ0) is 10.7. The van der Waals surface area contributed by atoms with E-state index >= 15 is 0 Å². The summed E-state index contributed by atoms with van der Waals surface area (Å²) >= 11 is 0. The first-order chi connectivity index (χ1) is 7.33. The highest BCUT2D eigenvalue weighted by molar-refractivity contribution is 5.71. The summed E-state index contributed by atoms with van der Waals surface area (Å²) in [7, 11) is 0. The Labute approximate surface area is 88.1 Å². The van der Waals surface area contributed by atoms with E-state index in [1.807, 2.05) is 0 Å². The zero-order valence-electron chi connectivity index (χ0n) is 8.35. The van der Waals surface area contributed by atoms with Gasteiger partial charge in [-0.05, 0) is 18.9 Å². The quantitative estimate of drug-likeness (QED) is 0.689. The number of anilines is 1. The summed E-state index contributed by atoms with van der Waals surface area (Å²) in [5, 5.41) is 8.75. The third-order valence-electron chi connectivity index (χ3n) is 2.72. The van der Waals surface area contributed by atoms with Gasteiger partial charge in [-0.3, -0.25) is 4.79 Å². The lowest BCUT2D eigenvalue weighted by atomic mass is 9.99. The molecule has 4 nitrogen and oxygen atoms in total. The molecule has 15 heavy (non-hydrogen) atoms. The van der Waals surface area contributed by atoms with Gasteiger partial charge in [0.15, 0.2) is 17.9 Å². The minimum Gasteiger partial charge on any atom is -0.438 e. The van der Waals surface area contributed by atoms with Crippen LogP contribution in [0, 0.1) is 17.2 Å². The van der Waals surface area contributed by atoms with Crippen LogP contribution >= 0.6 is 0 Å². The van der Waals surface area contributed by atoms with Gasteiger partial charge in [-0.25, -0.2) is 0 Å². The maximum Gasteiger partial charge on any atom is 0.196 e. The molecule has 78 valence electrons. The van der Waals surface area contributed by atoms with Crippen molar-refractivity contribution < 1.29 is 9.21 Å². The molecule has 0 amide bonds. The Bertz CT molecular complexity index is 384. The lowest BCUT2D eigenvalue weighted by Gasteiger charge is -2.28.